The van der Waals surface area contributed by atoms with Crippen LogP contribution in [0.25, 0.3) is 77.0 Å². The monoisotopic (exact) mass is 1380 g/mol. The maximum absolute atomic E-state index is 8.06. The molecule has 0 aliphatic rings. The number of hydrogen-bond donors (Lipinski definition) is 2. The van der Waals surface area contributed by atoms with E-state index in [0.29, 0.717) is 0 Å². The van der Waals surface area contributed by atoms with Crippen molar-refractivity contribution in [2.45, 2.75) is 39.9 Å². The van der Waals surface area contributed by atoms with Gasteiger partial charge in [-0.25, -0.2) is 0 Å². The minimum Gasteiger partial charge on any atom is -0.753 e. The molecule has 0 amide bonds. The van der Waals surface area contributed by atoms with Crippen molar-refractivity contribution in [3.8, 4) is 44.5 Å². The molecule has 0 aliphatic heterocycles. The predicted molar refractivity (Wildman–Crippen MR) is 350 cm³/mol. The van der Waals surface area contributed by atoms with Gasteiger partial charge in [-0.15, -0.1) is 0 Å². The SMILES string of the molecule is CC(C)O.CC(C)O.[N-]=C=S.[N-]=C=S.[N-]=C=S.[N-]=C=S.[N-]=C=S.[N-]=C=S.[OH3+].[OH3+].[OH3+].[OH3+].[OH3+].[OH3+].[Y+3].[Y+3].c1cc(-c2ccncc2)ccn1.c1cc(-c2ccncc2)ccn1.c1cc(-c2ccncc2)ccn1.c1cc(-c2ccncc2)ccn1. The van der Waals surface area contributed by atoms with E-state index < -0.39 is 0 Å². The van der Waals surface area contributed by atoms with Crippen LogP contribution in [0.5, 0.6) is 0 Å². The molecule has 0 aromatic carbocycles. The van der Waals surface area contributed by atoms with Crippen molar-refractivity contribution in [3.05, 3.63) is 229 Å². The van der Waals surface area contributed by atoms with Crippen molar-refractivity contribution in [3.63, 3.8) is 0 Å². The summed E-state index contributed by atoms with van der Waals surface area (Å²) in [4.78, 5) is 31.6. The minimum absolute atomic E-state index is 0. The van der Waals surface area contributed by atoms with E-state index in [1.807, 2.05) is 97.1 Å². The van der Waals surface area contributed by atoms with Gasteiger partial charge in [-0.2, -0.15) is 31.0 Å². The average Bonchev–Trinajstić information content (AvgIpc) is 3.42. The molecule has 8 rings (SSSR count). The van der Waals surface area contributed by atoms with Gasteiger partial charge < -0.3 is 75.5 Å². The van der Waals surface area contributed by atoms with Gasteiger partial charge in [-0.1, -0.05) is 73.3 Å². The smallest absolute Gasteiger partial charge is 0.753 e. The van der Waals surface area contributed by atoms with Gasteiger partial charge in [0.05, 0.1) is 0 Å². The Labute approximate surface area is 560 Å². The Hall–Kier alpha value is -6.11. The number of thiocarbonyl (C=S) groups is 6. The molecule has 0 fully saturated rings. The number of rotatable bonds is 4. The molecule has 0 spiro atoms. The third-order valence-corrected chi connectivity index (χ3v) is 6.78. The summed E-state index contributed by atoms with van der Waals surface area (Å²) in [6, 6.07) is 31.7. The summed E-state index contributed by atoms with van der Waals surface area (Å²) in [5, 5.41) is 66.9. The van der Waals surface area contributed by atoms with Crippen LogP contribution in [-0.4, -0.2) is 93.3 Å². The van der Waals surface area contributed by atoms with Gasteiger partial charge in [0.2, 0.25) is 0 Å². The summed E-state index contributed by atoms with van der Waals surface area (Å²) >= 11 is 22.2. The molecule has 0 radical (unpaired) electrons. The Morgan fingerprint density at radius 1 is 0.256 bits per heavy atom. The molecule has 0 aliphatic carbocycles. The maximum atomic E-state index is 8.06. The normalized spacial score (nSPS) is 7.12. The van der Waals surface area contributed by atoms with Crippen molar-refractivity contribution >= 4 is 104 Å². The van der Waals surface area contributed by atoms with Crippen LogP contribution in [0.2, 0.25) is 0 Å². The number of pyridine rings is 8. The molecule has 8 aromatic heterocycles. The van der Waals surface area contributed by atoms with Crippen LogP contribution in [0.1, 0.15) is 27.7 Å². The molecule has 428 valence electrons. The zero-order valence-corrected chi connectivity index (χ0v) is 55.4. The Morgan fingerprint density at radius 2 is 0.305 bits per heavy atom. The number of aliphatic hydroxyl groups is 2. The standard InChI is InChI=1S/4C10H8N2.2C3H8O.6CNS.6H2O.2Y/c4*1-5-11-6-2-9(1)10-3-7-12-8-4-10;2*1-3(2)4;6*2-1-3;;;;;;;;/h4*1-8H;2*3-4H,1-2H3;;;;;;;6*1H2;;/q;;;;;;6*-1;;;;;;;2*+3/p+6. The van der Waals surface area contributed by atoms with Crippen LogP contribution in [0.3, 0.4) is 0 Å². The predicted octanol–water partition coefficient (Wildman–Crippen LogP) is 7.76. The Bertz CT molecular complexity index is 2200. The molecule has 20 N–H and O–H groups in total. The zero-order valence-electron chi connectivity index (χ0n) is 44.9. The van der Waals surface area contributed by atoms with Gasteiger partial charge in [-0.3, -0.25) is 39.9 Å². The molecular formula is C52H66N14O8S6Y2+6. The largest absolute Gasteiger partial charge is 3.00 e. The fourth-order valence-corrected chi connectivity index (χ4v) is 4.35. The average molecular weight is 1390 g/mol. The van der Waals surface area contributed by atoms with Crippen molar-refractivity contribution in [2.24, 2.45) is 0 Å². The van der Waals surface area contributed by atoms with Gasteiger partial charge in [0.1, 0.15) is 0 Å². The third-order valence-electron chi connectivity index (χ3n) is 6.78. The van der Waals surface area contributed by atoms with Gasteiger partial charge in [0.25, 0.3) is 0 Å². The Morgan fingerprint density at radius 3 is 0.354 bits per heavy atom. The van der Waals surface area contributed by atoms with E-state index >= 15 is 0 Å². The fraction of sp³-hybridized carbons (Fsp3) is 0.115. The van der Waals surface area contributed by atoms with Crippen molar-refractivity contribution in [1.82, 2.24) is 39.9 Å². The molecule has 22 nitrogen and oxygen atoms in total. The second kappa shape index (κ2) is 83.7. The molecule has 0 atom stereocenters. The van der Waals surface area contributed by atoms with Crippen LogP contribution in [0.15, 0.2) is 196 Å². The molecule has 0 unspecified atom stereocenters. The summed E-state index contributed by atoms with van der Waals surface area (Å²) < 4.78 is 0. The summed E-state index contributed by atoms with van der Waals surface area (Å²) in [5.74, 6) is 0. The van der Waals surface area contributed by atoms with Crippen LogP contribution in [0.4, 0.5) is 0 Å². The second-order valence-corrected chi connectivity index (χ2v) is 13.7. The first-order valence-electron chi connectivity index (χ1n) is 20.5. The minimum atomic E-state index is -0.167. The first-order valence-corrected chi connectivity index (χ1v) is 22.9. The summed E-state index contributed by atoms with van der Waals surface area (Å²) in [5.41, 5.74) is 9.39. The molecule has 82 heavy (non-hydrogen) atoms. The zero-order chi connectivity index (χ0) is 56.3. The fourth-order valence-electron chi connectivity index (χ4n) is 4.35. The van der Waals surface area contributed by atoms with Crippen LogP contribution >= 0.6 is 73.3 Å². The summed E-state index contributed by atoms with van der Waals surface area (Å²) in [6.07, 6.45) is 28.3. The molecule has 8 aromatic rings. The number of aliphatic hydroxyl groups excluding tert-OH is 2. The van der Waals surface area contributed by atoms with Crippen LogP contribution in [-0.2, 0) is 98.3 Å². The molecule has 0 bridgehead atoms. The summed E-state index contributed by atoms with van der Waals surface area (Å²) in [6.45, 7) is 6.89. The first-order chi connectivity index (χ1) is 35.8. The van der Waals surface area contributed by atoms with E-state index in [1.54, 1.807) is 127 Å². The molecule has 0 saturated heterocycles. The van der Waals surface area contributed by atoms with Crippen LogP contribution < -0.4 is 0 Å². The van der Waals surface area contributed by atoms with E-state index in [1.165, 1.54) is 75.5 Å². The van der Waals surface area contributed by atoms with Crippen LogP contribution in [0, 0.1) is 0 Å². The number of hydrogen-bond acceptors (Lipinski definition) is 16. The van der Waals surface area contributed by atoms with Gasteiger partial charge >= 0.3 is 65.4 Å². The van der Waals surface area contributed by atoms with E-state index in [-0.39, 0.29) is 110 Å². The number of isothiocyanates is 6. The van der Waals surface area contributed by atoms with E-state index in [4.69, 9.17) is 42.7 Å². The van der Waals surface area contributed by atoms with Crippen molar-refractivity contribution in [2.75, 3.05) is 0 Å². The maximum Gasteiger partial charge on any atom is 3.00 e. The van der Waals surface area contributed by atoms with E-state index in [2.05, 4.69) is 113 Å². The number of nitrogens with zero attached hydrogens (tertiary/aromatic N) is 14. The molecule has 30 heteroatoms. The Kier molecular flexibility index (Phi) is 106. The van der Waals surface area contributed by atoms with Gasteiger partial charge in [0.15, 0.2) is 0 Å². The first kappa shape index (κ1) is 104. The molecular weight excluding hydrogens is 1320 g/mol. The molecule has 8 heterocycles. The van der Waals surface area contributed by atoms with E-state index in [9.17, 15) is 0 Å². The van der Waals surface area contributed by atoms with E-state index in [0.717, 1.165) is 0 Å². The third kappa shape index (κ3) is 71.9. The molecule has 0 saturated carbocycles. The van der Waals surface area contributed by atoms with Gasteiger partial charge in [-0.05, 0) is 169 Å². The summed E-state index contributed by atoms with van der Waals surface area (Å²) in [7, 11) is 0. The number of aromatic nitrogens is 8. The van der Waals surface area contributed by atoms with Crippen molar-refractivity contribution in [1.29, 1.82) is 0 Å². The van der Waals surface area contributed by atoms with Gasteiger partial charge in [0, 0.05) is 111 Å². The quantitative estimate of drug-likeness (QED) is 0.0965. The second-order valence-electron chi connectivity index (χ2n) is 12.6. The topological polar surface area (TPSA) is 475 Å². The Balaban J connectivity index is -0.0000000680. The van der Waals surface area contributed by atoms with Crippen molar-refractivity contribution < 1.29 is 108 Å².